The van der Waals surface area contributed by atoms with E-state index < -0.39 is 0 Å². The zero-order valence-corrected chi connectivity index (χ0v) is 13.9. The lowest BCUT2D eigenvalue weighted by Crippen LogP contribution is -2.51. The average Bonchev–Trinajstić information content (AvgIpc) is 2.52. The SMILES string of the molecule is C[C@@H]1CN(Cc2ccccc2)CC[C@@H]1NC1CCSCC1. The van der Waals surface area contributed by atoms with Crippen molar-refractivity contribution in [2.24, 2.45) is 5.92 Å². The fourth-order valence-electron chi connectivity index (χ4n) is 3.63. The summed E-state index contributed by atoms with van der Waals surface area (Å²) in [5, 5.41) is 3.95. The van der Waals surface area contributed by atoms with Gasteiger partial charge in [-0.05, 0) is 48.8 Å². The molecule has 0 unspecified atom stereocenters. The highest BCUT2D eigenvalue weighted by Gasteiger charge is 2.28. The molecular weight excluding hydrogens is 276 g/mol. The van der Waals surface area contributed by atoms with Gasteiger partial charge in [0.25, 0.3) is 0 Å². The van der Waals surface area contributed by atoms with Gasteiger partial charge in [0.2, 0.25) is 0 Å². The second kappa shape index (κ2) is 7.66. The van der Waals surface area contributed by atoms with Crippen molar-refractivity contribution < 1.29 is 0 Å². The first kappa shape index (κ1) is 15.4. The summed E-state index contributed by atoms with van der Waals surface area (Å²) >= 11 is 2.11. The highest BCUT2D eigenvalue weighted by atomic mass is 32.2. The van der Waals surface area contributed by atoms with Crippen LogP contribution >= 0.6 is 11.8 Å². The van der Waals surface area contributed by atoms with Gasteiger partial charge in [-0.25, -0.2) is 0 Å². The Hall–Kier alpha value is -0.510. The standard InChI is InChI=1S/C18H28N2S/c1-15-13-20(14-16-5-3-2-4-6-16)10-7-18(15)19-17-8-11-21-12-9-17/h2-6,15,17-19H,7-14H2,1H3/t15-,18+/m1/s1. The third-order valence-electron chi connectivity index (χ3n) is 4.91. The Balaban J connectivity index is 1.47. The molecule has 0 bridgehead atoms. The monoisotopic (exact) mass is 304 g/mol. The van der Waals surface area contributed by atoms with E-state index in [2.05, 4.69) is 59.2 Å². The van der Waals surface area contributed by atoms with Crippen LogP contribution in [0, 0.1) is 5.92 Å². The Bertz CT molecular complexity index is 416. The van der Waals surface area contributed by atoms with Crippen LogP contribution in [0.15, 0.2) is 30.3 Å². The molecule has 2 heterocycles. The van der Waals surface area contributed by atoms with Gasteiger partial charge in [-0.1, -0.05) is 37.3 Å². The van der Waals surface area contributed by atoms with E-state index >= 15 is 0 Å². The van der Waals surface area contributed by atoms with E-state index in [1.807, 2.05) is 0 Å². The van der Waals surface area contributed by atoms with Gasteiger partial charge in [0, 0.05) is 25.2 Å². The normalized spacial score (nSPS) is 28.6. The van der Waals surface area contributed by atoms with E-state index in [4.69, 9.17) is 0 Å². The topological polar surface area (TPSA) is 15.3 Å². The maximum absolute atomic E-state index is 3.95. The molecule has 1 N–H and O–H groups in total. The minimum atomic E-state index is 0.727. The summed E-state index contributed by atoms with van der Waals surface area (Å²) in [5.74, 6) is 3.45. The van der Waals surface area contributed by atoms with Gasteiger partial charge >= 0.3 is 0 Å². The van der Waals surface area contributed by atoms with Crippen LogP contribution in [0.1, 0.15) is 31.7 Å². The molecule has 0 aliphatic carbocycles. The molecule has 1 aromatic carbocycles. The Morgan fingerprint density at radius 2 is 1.90 bits per heavy atom. The van der Waals surface area contributed by atoms with Crippen LogP contribution in [-0.4, -0.2) is 41.6 Å². The smallest absolute Gasteiger partial charge is 0.0233 e. The number of nitrogens with zero attached hydrogens (tertiary/aromatic N) is 1. The molecule has 0 saturated carbocycles. The van der Waals surface area contributed by atoms with Crippen LogP contribution in [-0.2, 0) is 6.54 Å². The second-order valence-corrected chi connectivity index (χ2v) is 7.87. The number of nitrogens with one attached hydrogen (secondary N) is 1. The van der Waals surface area contributed by atoms with Gasteiger partial charge in [0.1, 0.15) is 0 Å². The Kier molecular flexibility index (Phi) is 5.61. The van der Waals surface area contributed by atoms with Crippen molar-refractivity contribution in [3.63, 3.8) is 0 Å². The molecule has 1 aromatic rings. The maximum atomic E-state index is 3.95. The van der Waals surface area contributed by atoms with Gasteiger partial charge in [-0.3, -0.25) is 4.90 Å². The summed E-state index contributed by atoms with van der Waals surface area (Å²) in [6.45, 7) is 6.00. The van der Waals surface area contributed by atoms with E-state index in [9.17, 15) is 0 Å². The van der Waals surface area contributed by atoms with E-state index in [-0.39, 0.29) is 0 Å². The number of likely N-dealkylation sites (tertiary alicyclic amines) is 1. The molecule has 2 saturated heterocycles. The van der Waals surface area contributed by atoms with Crippen LogP contribution in [0.25, 0.3) is 0 Å². The van der Waals surface area contributed by atoms with Crippen molar-refractivity contribution in [2.75, 3.05) is 24.6 Å². The largest absolute Gasteiger partial charge is 0.311 e. The number of hydrogen-bond acceptors (Lipinski definition) is 3. The van der Waals surface area contributed by atoms with Gasteiger partial charge in [0.05, 0.1) is 0 Å². The number of thioether (sulfide) groups is 1. The summed E-state index contributed by atoms with van der Waals surface area (Å²) in [6.07, 6.45) is 4.03. The first-order chi connectivity index (χ1) is 10.3. The van der Waals surface area contributed by atoms with E-state index in [0.717, 1.165) is 24.5 Å². The van der Waals surface area contributed by atoms with Crippen LogP contribution in [0.5, 0.6) is 0 Å². The third kappa shape index (κ3) is 4.48. The van der Waals surface area contributed by atoms with Crippen molar-refractivity contribution in [3.8, 4) is 0 Å². The Morgan fingerprint density at radius 1 is 1.14 bits per heavy atom. The summed E-state index contributed by atoms with van der Waals surface area (Å²) < 4.78 is 0. The number of hydrogen-bond donors (Lipinski definition) is 1. The predicted octanol–water partition coefficient (Wildman–Crippen LogP) is 3.38. The molecule has 2 atom stereocenters. The molecule has 3 heteroatoms. The Morgan fingerprint density at radius 3 is 2.62 bits per heavy atom. The molecule has 2 fully saturated rings. The summed E-state index contributed by atoms with van der Waals surface area (Å²) in [5.41, 5.74) is 1.44. The lowest BCUT2D eigenvalue weighted by Gasteiger charge is -2.39. The van der Waals surface area contributed by atoms with Crippen molar-refractivity contribution in [1.29, 1.82) is 0 Å². The van der Waals surface area contributed by atoms with Gasteiger partial charge in [-0.2, -0.15) is 11.8 Å². The zero-order chi connectivity index (χ0) is 14.5. The molecule has 0 radical (unpaired) electrons. The highest BCUT2D eigenvalue weighted by molar-refractivity contribution is 7.99. The number of piperidine rings is 1. The second-order valence-electron chi connectivity index (χ2n) is 6.65. The van der Waals surface area contributed by atoms with Crippen LogP contribution < -0.4 is 5.32 Å². The van der Waals surface area contributed by atoms with Crippen LogP contribution in [0.3, 0.4) is 0 Å². The molecule has 2 nitrogen and oxygen atoms in total. The highest BCUT2D eigenvalue weighted by Crippen LogP contribution is 2.23. The van der Waals surface area contributed by atoms with Gasteiger partial charge in [0.15, 0.2) is 0 Å². The Labute approximate surface area is 133 Å². The third-order valence-corrected chi connectivity index (χ3v) is 5.96. The first-order valence-corrected chi connectivity index (χ1v) is 9.57. The molecular formula is C18H28N2S. The van der Waals surface area contributed by atoms with Crippen molar-refractivity contribution >= 4 is 11.8 Å². The molecule has 0 spiro atoms. The summed E-state index contributed by atoms with van der Waals surface area (Å²) in [6, 6.07) is 12.4. The first-order valence-electron chi connectivity index (χ1n) is 8.41. The van der Waals surface area contributed by atoms with E-state index in [0.29, 0.717) is 0 Å². The quantitative estimate of drug-likeness (QED) is 0.918. The molecule has 21 heavy (non-hydrogen) atoms. The van der Waals surface area contributed by atoms with Gasteiger partial charge < -0.3 is 5.32 Å². The maximum Gasteiger partial charge on any atom is 0.0233 e. The predicted molar refractivity (Wildman–Crippen MR) is 92.8 cm³/mol. The fraction of sp³-hybridized carbons (Fsp3) is 0.667. The average molecular weight is 305 g/mol. The molecule has 3 rings (SSSR count). The lowest BCUT2D eigenvalue weighted by molar-refractivity contribution is 0.133. The molecule has 0 amide bonds. The molecule has 2 aliphatic rings. The van der Waals surface area contributed by atoms with Crippen LogP contribution in [0.2, 0.25) is 0 Å². The van der Waals surface area contributed by atoms with Crippen molar-refractivity contribution in [3.05, 3.63) is 35.9 Å². The van der Waals surface area contributed by atoms with E-state index in [1.165, 1.54) is 49.4 Å². The summed E-state index contributed by atoms with van der Waals surface area (Å²) in [7, 11) is 0. The summed E-state index contributed by atoms with van der Waals surface area (Å²) in [4.78, 5) is 2.62. The molecule has 116 valence electrons. The zero-order valence-electron chi connectivity index (χ0n) is 13.1. The van der Waals surface area contributed by atoms with Gasteiger partial charge in [-0.15, -0.1) is 0 Å². The number of benzene rings is 1. The van der Waals surface area contributed by atoms with Crippen molar-refractivity contribution in [2.45, 2.75) is 44.8 Å². The minimum Gasteiger partial charge on any atom is -0.311 e. The van der Waals surface area contributed by atoms with Crippen molar-refractivity contribution in [1.82, 2.24) is 10.2 Å². The molecule has 2 aliphatic heterocycles. The number of rotatable bonds is 4. The molecule has 0 aromatic heterocycles. The fourth-order valence-corrected chi connectivity index (χ4v) is 4.74. The minimum absolute atomic E-state index is 0.727. The van der Waals surface area contributed by atoms with E-state index in [1.54, 1.807) is 0 Å². The van der Waals surface area contributed by atoms with Crippen LogP contribution in [0.4, 0.5) is 0 Å². The lowest BCUT2D eigenvalue weighted by atomic mass is 9.92.